The van der Waals surface area contributed by atoms with E-state index in [-0.39, 0.29) is 11.6 Å². The Balaban J connectivity index is 1.97. The number of carbonyl (C=O) groups excluding carboxylic acids is 3. The van der Waals surface area contributed by atoms with Gasteiger partial charge in [-0.05, 0) is 24.3 Å². The number of nitrogens with zero attached hydrogens (tertiary/aromatic N) is 1. The van der Waals surface area contributed by atoms with Gasteiger partial charge in [0.15, 0.2) is 6.61 Å². The van der Waals surface area contributed by atoms with Gasteiger partial charge in [0.1, 0.15) is 5.75 Å². The summed E-state index contributed by atoms with van der Waals surface area (Å²) in [4.78, 5) is 34.6. The molecule has 2 aromatic rings. The van der Waals surface area contributed by atoms with Crippen LogP contribution in [0.3, 0.4) is 0 Å². The van der Waals surface area contributed by atoms with E-state index in [2.05, 4.69) is 21.2 Å². The van der Waals surface area contributed by atoms with Crippen molar-refractivity contribution in [3.8, 4) is 5.75 Å². The first-order chi connectivity index (χ1) is 13.4. The zero-order chi connectivity index (χ0) is 20.5. The quantitative estimate of drug-likeness (QED) is 0.376. The molecule has 2 aromatic carbocycles. The van der Waals surface area contributed by atoms with Crippen molar-refractivity contribution < 1.29 is 19.1 Å². The van der Waals surface area contributed by atoms with Gasteiger partial charge in [0.05, 0.1) is 21.9 Å². The Bertz CT molecular complexity index is 918. The molecular weight excluding hydrogens is 407 g/mol. The number of ether oxygens (including phenoxy) is 1. The second-order valence-electron chi connectivity index (χ2n) is 5.25. The molecule has 0 heterocycles. The lowest BCUT2D eigenvalue weighted by atomic mass is 10.2. The van der Waals surface area contributed by atoms with Gasteiger partial charge >= 0.3 is 11.8 Å². The van der Waals surface area contributed by atoms with E-state index in [9.17, 15) is 14.4 Å². The second-order valence-corrected chi connectivity index (χ2v) is 6.04. The summed E-state index contributed by atoms with van der Waals surface area (Å²) in [5.41, 5.74) is 2.94. The van der Waals surface area contributed by atoms with Gasteiger partial charge in [-0.3, -0.25) is 14.4 Å². The summed E-state index contributed by atoms with van der Waals surface area (Å²) in [5.74, 6) is -1.82. The maximum Gasteiger partial charge on any atom is 0.329 e. The molecule has 10 heteroatoms. The van der Waals surface area contributed by atoms with Crippen molar-refractivity contribution in [2.24, 2.45) is 5.10 Å². The first kappa shape index (κ1) is 21.2. The van der Waals surface area contributed by atoms with E-state index in [4.69, 9.17) is 27.9 Å². The van der Waals surface area contributed by atoms with Gasteiger partial charge in [-0.2, -0.15) is 5.10 Å². The van der Waals surface area contributed by atoms with Crippen molar-refractivity contribution in [1.82, 2.24) is 10.7 Å². The summed E-state index contributed by atoms with van der Waals surface area (Å²) < 4.78 is 5.50. The van der Waals surface area contributed by atoms with Gasteiger partial charge < -0.3 is 15.4 Å². The summed E-state index contributed by atoms with van der Waals surface area (Å²) in [5, 5.41) is 9.02. The van der Waals surface area contributed by atoms with E-state index in [1.165, 1.54) is 13.3 Å². The van der Waals surface area contributed by atoms with Crippen LogP contribution in [0.5, 0.6) is 5.75 Å². The molecule has 0 saturated heterocycles. The fraction of sp³-hybridized carbons (Fsp3) is 0.111. The number of carbonyl (C=O) groups is 3. The highest BCUT2D eigenvalue weighted by molar-refractivity contribution is 6.44. The molecule has 0 aromatic heterocycles. The van der Waals surface area contributed by atoms with E-state index in [0.29, 0.717) is 22.0 Å². The van der Waals surface area contributed by atoms with Gasteiger partial charge in [0.25, 0.3) is 5.91 Å². The van der Waals surface area contributed by atoms with Crippen LogP contribution in [0, 0.1) is 0 Å². The summed E-state index contributed by atoms with van der Waals surface area (Å²) in [6.07, 6.45) is 1.29. The molecule has 28 heavy (non-hydrogen) atoms. The number of rotatable bonds is 6. The normalized spacial score (nSPS) is 10.4. The van der Waals surface area contributed by atoms with Crippen LogP contribution in [0.25, 0.3) is 0 Å². The van der Waals surface area contributed by atoms with Crippen molar-refractivity contribution in [1.29, 1.82) is 0 Å². The molecule has 0 bridgehead atoms. The molecular formula is C18H16Cl2N4O4. The van der Waals surface area contributed by atoms with Crippen LogP contribution < -0.4 is 20.8 Å². The molecule has 146 valence electrons. The number of amides is 3. The second kappa shape index (κ2) is 10.3. The Morgan fingerprint density at radius 3 is 2.57 bits per heavy atom. The van der Waals surface area contributed by atoms with Crippen molar-refractivity contribution in [3.05, 3.63) is 58.1 Å². The minimum Gasteiger partial charge on any atom is -0.483 e. The summed E-state index contributed by atoms with van der Waals surface area (Å²) in [7, 11) is 1.33. The molecule has 0 saturated carbocycles. The lowest BCUT2D eigenvalue weighted by Crippen LogP contribution is -2.35. The number of hydrazone groups is 1. The van der Waals surface area contributed by atoms with E-state index in [1.807, 2.05) is 0 Å². The summed E-state index contributed by atoms with van der Waals surface area (Å²) >= 11 is 11.9. The van der Waals surface area contributed by atoms with E-state index < -0.39 is 17.7 Å². The first-order valence-electron chi connectivity index (χ1n) is 7.93. The Morgan fingerprint density at radius 1 is 1.07 bits per heavy atom. The Hall–Kier alpha value is -3.10. The molecule has 2 rings (SSSR count). The molecule has 0 aliphatic rings. The summed E-state index contributed by atoms with van der Waals surface area (Å²) in [6, 6.07) is 11.6. The van der Waals surface area contributed by atoms with E-state index >= 15 is 0 Å². The maximum atomic E-state index is 12.1. The molecule has 0 radical (unpaired) electrons. The average molecular weight is 423 g/mol. The third-order valence-corrected chi connectivity index (χ3v) is 4.13. The number of benzene rings is 2. The number of hydrogen-bond acceptors (Lipinski definition) is 5. The third-order valence-electron chi connectivity index (χ3n) is 3.31. The van der Waals surface area contributed by atoms with Gasteiger partial charge in [0, 0.05) is 12.6 Å². The molecule has 8 nitrogen and oxygen atoms in total. The Morgan fingerprint density at radius 2 is 1.82 bits per heavy atom. The van der Waals surface area contributed by atoms with Gasteiger partial charge in [-0.15, -0.1) is 0 Å². The standard InChI is InChI=1S/C18H16Cl2N4O4/c1-21-17(26)18(27)24-22-9-11-5-2-3-8-14(11)28-10-15(25)23-13-7-4-6-12(19)16(13)20/h2-9H,10H2,1H3,(H,21,26)(H,23,25)(H,24,27)/b22-9-. The van der Waals surface area contributed by atoms with Gasteiger partial charge in [0.2, 0.25) is 0 Å². The average Bonchev–Trinajstić information content (AvgIpc) is 2.70. The van der Waals surface area contributed by atoms with Crippen molar-refractivity contribution in [2.45, 2.75) is 0 Å². The molecule has 3 amide bonds. The number of anilines is 1. The van der Waals surface area contributed by atoms with Crippen molar-refractivity contribution in [2.75, 3.05) is 19.0 Å². The summed E-state index contributed by atoms with van der Waals surface area (Å²) in [6.45, 7) is -0.293. The lowest BCUT2D eigenvalue weighted by molar-refractivity contribution is -0.138. The number of para-hydroxylation sites is 1. The first-order valence-corrected chi connectivity index (χ1v) is 8.68. The maximum absolute atomic E-state index is 12.1. The van der Waals surface area contributed by atoms with Crippen molar-refractivity contribution in [3.63, 3.8) is 0 Å². The number of nitrogens with one attached hydrogen (secondary N) is 3. The predicted molar refractivity (Wildman–Crippen MR) is 107 cm³/mol. The molecule has 0 spiro atoms. The van der Waals surface area contributed by atoms with Crippen LogP contribution in [0.4, 0.5) is 5.69 Å². The Kier molecular flexibility index (Phi) is 7.79. The zero-order valence-electron chi connectivity index (χ0n) is 14.7. The van der Waals surface area contributed by atoms with E-state index in [0.717, 1.165) is 0 Å². The van der Waals surface area contributed by atoms with E-state index in [1.54, 1.807) is 42.5 Å². The lowest BCUT2D eigenvalue weighted by Gasteiger charge is -2.11. The molecule has 0 fully saturated rings. The SMILES string of the molecule is CNC(=O)C(=O)N/N=C\c1ccccc1OCC(=O)Nc1cccc(Cl)c1Cl. The van der Waals surface area contributed by atoms with Crippen molar-refractivity contribution >= 4 is 52.8 Å². The van der Waals surface area contributed by atoms with Crippen LogP contribution in [-0.4, -0.2) is 37.6 Å². The fourth-order valence-electron chi connectivity index (χ4n) is 1.97. The highest BCUT2D eigenvalue weighted by Crippen LogP contribution is 2.29. The Labute approximate surface area is 170 Å². The molecule has 0 atom stereocenters. The number of likely N-dealkylation sites (N-methyl/N-ethyl adjacent to an activating group) is 1. The monoisotopic (exact) mass is 422 g/mol. The van der Waals surface area contributed by atoms with Crippen LogP contribution >= 0.6 is 23.2 Å². The highest BCUT2D eigenvalue weighted by atomic mass is 35.5. The van der Waals surface area contributed by atoms with Gasteiger partial charge in [-0.1, -0.05) is 41.4 Å². The predicted octanol–water partition coefficient (Wildman–Crippen LogP) is 2.21. The zero-order valence-corrected chi connectivity index (χ0v) is 16.2. The molecule has 0 aliphatic carbocycles. The van der Waals surface area contributed by atoms with Crippen LogP contribution in [0.1, 0.15) is 5.56 Å². The molecule has 0 unspecified atom stereocenters. The van der Waals surface area contributed by atoms with Crippen LogP contribution in [0.2, 0.25) is 10.0 Å². The topological polar surface area (TPSA) is 109 Å². The van der Waals surface area contributed by atoms with Crippen LogP contribution in [-0.2, 0) is 14.4 Å². The minimum absolute atomic E-state index is 0.233. The van der Waals surface area contributed by atoms with Gasteiger partial charge in [-0.25, -0.2) is 5.43 Å². The largest absolute Gasteiger partial charge is 0.483 e. The number of halogens is 2. The highest BCUT2D eigenvalue weighted by Gasteiger charge is 2.11. The minimum atomic E-state index is -0.907. The smallest absolute Gasteiger partial charge is 0.329 e. The fourth-order valence-corrected chi connectivity index (χ4v) is 2.32. The van der Waals surface area contributed by atoms with Crippen LogP contribution in [0.15, 0.2) is 47.6 Å². The molecule has 3 N–H and O–H groups in total. The number of hydrogen-bond donors (Lipinski definition) is 3. The molecule has 0 aliphatic heterocycles. The third kappa shape index (κ3) is 5.97.